The van der Waals surface area contributed by atoms with Crippen LogP contribution >= 0.6 is 0 Å². The van der Waals surface area contributed by atoms with E-state index in [4.69, 9.17) is 4.74 Å². The van der Waals surface area contributed by atoms with Gasteiger partial charge in [0.1, 0.15) is 0 Å². The molecule has 0 N–H and O–H groups in total. The van der Waals surface area contributed by atoms with E-state index in [0.29, 0.717) is 0 Å². The molecule has 0 unspecified atom stereocenters. The summed E-state index contributed by atoms with van der Waals surface area (Å²) in [6.45, 7) is 0. The highest BCUT2D eigenvalue weighted by Gasteiger charge is 2.24. The third-order valence-corrected chi connectivity index (χ3v) is 6.79. The van der Waals surface area contributed by atoms with E-state index in [2.05, 4.69) is 36.4 Å². The summed E-state index contributed by atoms with van der Waals surface area (Å²) in [5.41, 5.74) is 11.5. The Kier molecular flexibility index (Phi) is 4.69. The van der Waals surface area contributed by atoms with E-state index in [0.717, 1.165) is 35.1 Å². The van der Waals surface area contributed by atoms with Gasteiger partial charge in [-0.3, -0.25) is 9.59 Å². The lowest BCUT2D eigenvalue weighted by Crippen LogP contribution is -2.17. The Bertz CT molecular complexity index is 1320. The normalized spacial score (nSPS) is 12.5. The Labute approximate surface area is 192 Å². The van der Waals surface area contributed by atoms with Crippen LogP contribution in [0.3, 0.4) is 0 Å². The molecule has 2 aliphatic rings. The average Bonchev–Trinajstić information content (AvgIpc) is 3.39. The van der Waals surface area contributed by atoms with Gasteiger partial charge in [-0.05, 0) is 68.5 Å². The lowest BCUT2D eigenvalue weighted by molar-refractivity contribution is -0.158. The summed E-state index contributed by atoms with van der Waals surface area (Å²) in [5.74, 6) is -1.000. The summed E-state index contributed by atoms with van der Waals surface area (Å²) in [4.78, 5) is 25.3. The third kappa shape index (κ3) is 3.46. The Morgan fingerprint density at radius 3 is 1.45 bits per heavy atom. The van der Waals surface area contributed by atoms with Gasteiger partial charge >= 0.3 is 11.9 Å². The predicted molar refractivity (Wildman–Crippen MR) is 128 cm³/mol. The Balaban J connectivity index is 1.16. The molecule has 0 radical (unpaired) electrons. The predicted octanol–water partition coefficient (Wildman–Crippen LogP) is 5.68. The van der Waals surface area contributed by atoms with Crippen molar-refractivity contribution >= 4 is 11.9 Å². The first-order valence-corrected chi connectivity index (χ1v) is 11.3. The number of hydrogen-bond donors (Lipinski definition) is 0. The molecule has 0 bridgehead atoms. The van der Waals surface area contributed by atoms with E-state index in [1.54, 1.807) is 0 Å². The number of benzene rings is 4. The number of hydrogen-bond acceptors (Lipinski definition) is 3. The molecule has 160 valence electrons. The molecule has 0 spiro atoms. The van der Waals surface area contributed by atoms with E-state index in [9.17, 15) is 9.59 Å². The van der Waals surface area contributed by atoms with Crippen LogP contribution in [0.15, 0.2) is 84.9 Å². The highest BCUT2D eigenvalue weighted by atomic mass is 16.6. The summed E-state index contributed by atoms with van der Waals surface area (Å²) in [7, 11) is 0. The van der Waals surface area contributed by atoms with Crippen molar-refractivity contribution in [3.8, 4) is 22.3 Å². The summed E-state index contributed by atoms with van der Waals surface area (Å²) in [6, 6.07) is 28.7. The monoisotopic (exact) mass is 430 g/mol. The quantitative estimate of drug-likeness (QED) is 0.267. The summed E-state index contributed by atoms with van der Waals surface area (Å²) < 4.78 is 5.25. The highest BCUT2D eigenvalue weighted by Crippen LogP contribution is 2.39. The van der Waals surface area contributed by atoms with E-state index in [-0.39, 0.29) is 12.8 Å². The van der Waals surface area contributed by atoms with Gasteiger partial charge in [-0.25, -0.2) is 0 Å². The fourth-order valence-corrected chi connectivity index (χ4v) is 5.29. The number of carbonyl (C=O) groups is 2. The summed E-state index contributed by atoms with van der Waals surface area (Å²) >= 11 is 0. The number of ether oxygens (including phenoxy) is 1. The molecule has 4 aromatic rings. The largest absolute Gasteiger partial charge is 0.393 e. The van der Waals surface area contributed by atoms with Crippen LogP contribution in [0.2, 0.25) is 0 Å². The summed E-state index contributed by atoms with van der Waals surface area (Å²) in [5, 5.41) is 0. The van der Waals surface area contributed by atoms with Crippen molar-refractivity contribution in [1.29, 1.82) is 0 Å². The van der Waals surface area contributed by atoms with Crippen molar-refractivity contribution in [3.05, 3.63) is 118 Å². The van der Waals surface area contributed by atoms with E-state index < -0.39 is 11.9 Å². The van der Waals surface area contributed by atoms with Crippen LogP contribution in [0.5, 0.6) is 0 Å². The van der Waals surface area contributed by atoms with Crippen molar-refractivity contribution in [2.24, 2.45) is 0 Å². The second-order valence-electron chi connectivity index (χ2n) is 8.75. The Hall–Kier alpha value is -3.98. The smallest absolute Gasteiger partial charge is 0.317 e. The van der Waals surface area contributed by atoms with Crippen LogP contribution in [0.1, 0.15) is 33.4 Å². The van der Waals surface area contributed by atoms with E-state index in [1.807, 2.05) is 48.5 Å². The fourth-order valence-electron chi connectivity index (χ4n) is 5.29. The standard InChI is InChI=1S/C30H22O3/c31-29(17-21-9-5-13-25-23-11-3-1-7-19(23)15-27(21)25)33-30(32)18-22-10-6-14-26-24-12-4-2-8-20(24)16-28(22)26/h1-14H,15-18H2. The lowest BCUT2D eigenvalue weighted by Gasteiger charge is -2.10. The van der Waals surface area contributed by atoms with Crippen LogP contribution in [0, 0.1) is 0 Å². The zero-order chi connectivity index (χ0) is 22.4. The molecule has 3 nitrogen and oxygen atoms in total. The van der Waals surface area contributed by atoms with Crippen LogP contribution in [0.25, 0.3) is 22.3 Å². The minimum atomic E-state index is -0.500. The van der Waals surface area contributed by atoms with Crippen molar-refractivity contribution in [1.82, 2.24) is 0 Å². The first-order valence-electron chi connectivity index (χ1n) is 11.3. The summed E-state index contributed by atoms with van der Waals surface area (Å²) in [6.07, 6.45) is 1.81. The van der Waals surface area contributed by atoms with Gasteiger partial charge in [-0.1, -0.05) is 84.9 Å². The van der Waals surface area contributed by atoms with Crippen molar-refractivity contribution in [2.45, 2.75) is 25.7 Å². The van der Waals surface area contributed by atoms with Crippen molar-refractivity contribution in [2.75, 3.05) is 0 Å². The second kappa shape index (κ2) is 7.86. The molecule has 4 aromatic carbocycles. The average molecular weight is 431 g/mol. The van der Waals surface area contributed by atoms with Crippen LogP contribution in [0.4, 0.5) is 0 Å². The molecule has 0 aliphatic heterocycles. The molecule has 0 atom stereocenters. The maximum absolute atomic E-state index is 12.7. The maximum atomic E-state index is 12.7. The molecule has 0 heterocycles. The third-order valence-electron chi connectivity index (χ3n) is 6.79. The number of carbonyl (C=O) groups excluding carboxylic acids is 2. The second-order valence-corrected chi connectivity index (χ2v) is 8.75. The Morgan fingerprint density at radius 1 is 0.545 bits per heavy atom. The molecule has 0 aromatic heterocycles. The van der Waals surface area contributed by atoms with Gasteiger partial charge in [0.05, 0.1) is 12.8 Å². The molecule has 3 heteroatoms. The lowest BCUT2D eigenvalue weighted by atomic mass is 9.99. The SMILES string of the molecule is O=C(Cc1cccc2c1Cc1ccccc1-2)OC(=O)Cc1cccc2c1Cc1ccccc1-2. The van der Waals surface area contributed by atoms with E-state index >= 15 is 0 Å². The van der Waals surface area contributed by atoms with Gasteiger partial charge in [0.15, 0.2) is 0 Å². The van der Waals surface area contributed by atoms with Crippen LogP contribution < -0.4 is 0 Å². The van der Waals surface area contributed by atoms with Crippen molar-refractivity contribution in [3.63, 3.8) is 0 Å². The maximum Gasteiger partial charge on any atom is 0.317 e. The zero-order valence-corrected chi connectivity index (χ0v) is 18.1. The van der Waals surface area contributed by atoms with Gasteiger partial charge in [0.2, 0.25) is 0 Å². The van der Waals surface area contributed by atoms with Gasteiger partial charge in [-0.2, -0.15) is 0 Å². The van der Waals surface area contributed by atoms with Crippen LogP contribution in [-0.2, 0) is 40.0 Å². The first kappa shape index (κ1) is 19.7. The van der Waals surface area contributed by atoms with Crippen molar-refractivity contribution < 1.29 is 14.3 Å². The van der Waals surface area contributed by atoms with Gasteiger partial charge in [0, 0.05) is 0 Å². The first-order chi connectivity index (χ1) is 16.2. The van der Waals surface area contributed by atoms with Gasteiger partial charge in [0.25, 0.3) is 0 Å². The zero-order valence-electron chi connectivity index (χ0n) is 18.1. The number of rotatable bonds is 4. The fraction of sp³-hybridized carbons (Fsp3) is 0.133. The minimum absolute atomic E-state index is 0.0985. The number of esters is 2. The Morgan fingerprint density at radius 2 is 0.970 bits per heavy atom. The molecular formula is C30H22O3. The highest BCUT2D eigenvalue weighted by molar-refractivity contribution is 5.89. The molecule has 0 saturated heterocycles. The molecule has 2 aliphatic carbocycles. The molecule has 6 rings (SSSR count). The molecular weight excluding hydrogens is 408 g/mol. The molecule has 0 amide bonds. The van der Waals surface area contributed by atoms with Gasteiger partial charge in [-0.15, -0.1) is 0 Å². The minimum Gasteiger partial charge on any atom is -0.393 e. The number of fused-ring (bicyclic) bond motifs is 6. The topological polar surface area (TPSA) is 43.4 Å². The molecule has 0 saturated carbocycles. The molecule has 33 heavy (non-hydrogen) atoms. The molecule has 0 fully saturated rings. The van der Waals surface area contributed by atoms with Crippen LogP contribution in [-0.4, -0.2) is 11.9 Å². The van der Waals surface area contributed by atoms with Gasteiger partial charge < -0.3 is 4.74 Å². The van der Waals surface area contributed by atoms with E-state index in [1.165, 1.54) is 33.4 Å².